The molecule has 2 aromatic rings. The summed E-state index contributed by atoms with van der Waals surface area (Å²) in [7, 11) is 0. The minimum Gasteiger partial charge on any atom is -0.457 e. The molecule has 0 bridgehead atoms. The quantitative estimate of drug-likeness (QED) is 0.833. The fourth-order valence-electron chi connectivity index (χ4n) is 1.66. The molecule has 0 saturated heterocycles. The van der Waals surface area contributed by atoms with E-state index in [0.717, 1.165) is 18.5 Å². The number of aromatic amines is 1. The molecular formula is C12H14BrN3O2. The van der Waals surface area contributed by atoms with Gasteiger partial charge in [-0.2, -0.15) is 5.10 Å². The second-order valence-corrected chi connectivity index (χ2v) is 4.71. The first-order valence-electron chi connectivity index (χ1n) is 5.68. The van der Waals surface area contributed by atoms with Crippen LogP contribution in [0.25, 0.3) is 0 Å². The highest BCUT2D eigenvalue weighted by Crippen LogP contribution is 2.17. The number of carbonyl (C=O) groups is 1. The summed E-state index contributed by atoms with van der Waals surface area (Å²) in [6, 6.07) is 1.64. The van der Waals surface area contributed by atoms with Crippen LogP contribution in [0.2, 0.25) is 0 Å². The predicted octanol–water partition coefficient (Wildman–Crippen LogP) is 2.44. The molecule has 2 rings (SSSR count). The maximum atomic E-state index is 11.7. The van der Waals surface area contributed by atoms with Crippen LogP contribution in [-0.2, 0) is 6.42 Å². The van der Waals surface area contributed by atoms with Gasteiger partial charge in [-0.1, -0.05) is 0 Å². The first kappa shape index (κ1) is 12.9. The van der Waals surface area contributed by atoms with Crippen LogP contribution in [-0.4, -0.2) is 22.6 Å². The summed E-state index contributed by atoms with van der Waals surface area (Å²) in [5, 5.41) is 9.70. The largest absolute Gasteiger partial charge is 0.457 e. The van der Waals surface area contributed by atoms with Crippen molar-refractivity contribution in [2.45, 2.75) is 19.8 Å². The van der Waals surface area contributed by atoms with Gasteiger partial charge in [0.1, 0.15) is 0 Å². The second-order valence-electron chi connectivity index (χ2n) is 3.99. The van der Waals surface area contributed by atoms with Gasteiger partial charge in [0.2, 0.25) is 0 Å². The van der Waals surface area contributed by atoms with Crippen molar-refractivity contribution in [3.63, 3.8) is 0 Å². The van der Waals surface area contributed by atoms with Crippen LogP contribution in [0.15, 0.2) is 27.6 Å². The molecule has 0 aliphatic carbocycles. The topological polar surface area (TPSA) is 70.9 Å². The number of halogens is 1. The van der Waals surface area contributed by atoms with Crippen LogP contribution in [0.3, 0.4) is 0 Å². The van der Waals surface area contributed by atoms with Gasteiger partial charge in [0.25, 0.3) is 5.91 Å². The Morgan fingerprint density at radius 1 is 1.61 bits per heavy atom. The van der Waals surface area contributed by atoms with E-state index in [1.54, 1.807) is 6.07 Å². The minimum atomic E-state index is -0.125. The fourth-order valence-corrected chi connectivity index (χ4v) is 2.08. The Balaban J connectivity index is 1.75. The normalized spacial score (nSPS) is 10.6. The van der Waals surface area contributed by atoms with Crippen LogP contribution in [0.4, 0.5) is 0 Å². The molecule has 96 valence electrons. The summed E-state index contributed by atoms with van der Waals surface area (Å²) in [5.74, 6) is -0.125. The molecule has 0 radical (unpaired) electrons. The van der Waals surface area contributed by atoms with Crippen LogP contribution in [0, 0.1) is 6.92 Å². The molecule has 0 aliphatic rings. The number of H-pyrrole nitrogens is 1. The van der Waals surface area contributed by atoms with Crippen molar-refractivity contribution in [1.29, 1.82) is 0 Å². The van der Waals surface area contributed by atoms with Crippen LogP contribution in [0.5, 0.6) is 0 Å². The highest BCUT2D eigenvalue weighted by molar-refractivity contribution is 9.10. The molecule has 0 atom stereocenters. The van der Waals surface area contributed by atoms with Gasteiger partial charge in [-0.25, -0.2) is 0 Å². The average Bonchev–Trinajstić information content (AvgIpc) is 2.94. The molecule has 1 amide bonds. The monoisotopic (exact) mass is 311 g/mol. The number of rotatable bonds is 5. The lowest BCUT2D eigenvalue weighted by molar-refractivity contribution is 0.0951. The number of aromatic nitrogens is 2. The van der Waals surface area contributed by atoms with E-state index in [-0.39, 0.29) is 5.91 Å². The van der Waals surface area contributed by atoms with E-state index in [9.17, 15) is 4.79 Å². The molecule has 2 heterocycles. The number of nitrogens with one attached hydrogen (secondary N) is 2. The Bertz CT molecular complexity index is 533. The van der Waals surface area contributed by atoms with E-state index in [4.69, 9.17) is 4.42 Å². The number of aryl methyl sites for hydroxylation is 2. The number of carbonyl (C=O) groups excluding carboxylic acids is 1. The Kier molecular flexibility index (Phi) is 4.19. The molecule has 0 fully saturated rings. The van der Waals surface area contributed by atoms with E-state index in [1.165, 1.54) is 11.8 Å². The van der Waals surface area contributed by atoms with Gasteiger partial charge >= 0.3 is 0 Å². The van der Waals surface area contributed by atoms with E-state index in [1.807, 2.05) is 13.1 Å². The van der Waals surface area contributed by atoms with Crippen molar-refractivity contribution in [2.75, 3.05) is 6.54 Å². The van der Waals surface area contributed by atoms with Crippen molar-refractivity contribution in [1.82, 2.24) is 15.5 Å². The Labute approximate surface area is 113 Å². The molecule has 2 N–H and O–H groups in total. The van der Waals surface area contributed by atoms with Gasteiger partial charge in [0, 0.05) is 12.2 Å². The Morgan fingerprint density at radius 2 is 2.44 bits per heavy atom. The van der Waals surface area contributed by atoms with Gasteiger partial charge in [-0.05, 0) is 47.3 Å². The van der Waals surface area contributed by atoms with Crippen molar-refractivity contribution in [3.8, 4) is 0 Å². The zero-order valence-electron chi connectivity index (χ0n) is 10.00. The highest BCUT2D eigenvalue weighted by atomic mass is 79.9. The first-order valence-corrected chi connectivity index (χ1v) is 6.48. The zero-order valence-corrected chi connectivity index (χ0v) is 11.6. The molecule has 6 heteroatoms. The molecule has 0 unspecified atom stereocenters. The van der Waals surface area contributed by atoms with Gasteiger partial charge in [-0.15, -0.1) is 0 Å². The van der Waals surface area contributed by atoms with Crippen LogP contribution >= 0.6 is 15.9 Å². The van der Waals surface area contributed by atoms with Crippen molar-refractivity contribution in [3.05, 3.63) is 40.0 Å². The van der Waals surface area contributed by atoms with Crippen molar-refractivity contribution >= 4 is 21.8 Å². The third-order valence-electron chi connectivity index (χ3n) is 2.71. The Hall–Kier alpha value is -1.56. The minimum absolute atomic E-state index is 0.125. The molecule has 0 spiro atoms. The summed E-state index contributed by atoms with van der Waals surface area (Å²) >= 11 is 3.18. The standard InChI is InChI=1S/C12H14BrN3O2/c1-8-9(7-15-16-8)3-2-5-14-12(17)10-4-6-18-11(10)13/h4,6-7H,2-3,5H2,1H3,(H,14,17)(H,15,16). The third kappa shape index (κ3) is 3.01. The number of amides is 1. The molecule has 0 saturated carbocycles. The lowest BCUT2D eigenvalue weighted by Gasteiger charge is -2.03. The van der Waals surface area contributed by atoms with E-state index < -0.39 is 0 Å². The van der Waals surface area contributed by atoms with E-state index >= 15 is 0 Å². The van der Waals surface area contributed by atoms with Crippen molar-refractivity contribution < 1.29 is 9.21 Å². The SMILES string of the molecule is Cc1[nH]ncc1CCCNC(=O)c1ccoc1Br. The van der Waals surface area contributed by atoms with E-state index in [0.29, 0.717) is 16.8 Å². The summed E-state index contributed by atoms with van der Waals surface area (Å²) in [6.45, 7) is 2.62. The number of hydrogen-bond acceptors (Lipinski definition) is 3. The van der Waals surface area contributed by atoms with Gasteiger partial charge < -0.3 is 9.73 Å². The highest BCUT2D eigenvalue weighted by Gasteiger charge is 2.11. The van der Waals surface area contributed by atoms with Gasteiger partial charge in [0.15, 0.2) is 4.67 Å². The Morgan fingerprint density at radius 3 is 3.06 bits per heavy atom. The molecule has 18 heavy (non-hydrogen) atoms. The van der Waals surface area contributed by atoms with E-state index in [2.05, 4.69) is 31.4 Å². The maximum absolute atomic E-state index is 11.7. The lowest BCUT2D eigenvalue weighted by atomic mass is 10.1. The lowest BCUT2D eigenvalue weighted by Crippen LogP contribution is -2.24. The number of nitrogens with zero attached hydrogens (tertiary/aromatic N) is 1. The van der Waals surface area contributed by atoms with Crippen molar-refractivity contribution in [2.24, 2.45) is 0 Å². The third-order valence-corrected chi connectivity index (χ3v) is 3.32. The first-order chi connectivity index (χ1) is 8.68. The molecular weight excluding hydrogens is 298 g/mol. The van der Waals surface area contributed by atoms with Crippen LogP contribution < -0.4 is 5.32 Å². The summed E-state index contributed by atoms with van der Waals surface area (Å²) in [6.07, 6.45) is 5.08. The number of furan rings is 1. The molecule has 2 aromatic heterocycles. The van der Waals surface area contributed by atoms with Gasteiger partial charge in [-0.3, -0.25) is 9.89 Å². The summed E-state index contributed by atoms with van der Waals surface area (Å²) in [4.78, 5) is 11.7. The fraction of sp³-hybridized carbons (Fsp3) is 0.333. The zero-order chi connectivity index (χ0) is 13.0. The smallest absolute Gasteiger partial charge is 0.255 e. The summed E-state index contributed by atoms with van der Waals surface area (Å²) in [5.41, 5.74) is 2.79. The summed E-state index contributed by atoms with van der Waals surface area (Å²) < 4.78 is 5.47. The van der Waals surface area contributed by atoms with Crippen LogP contribution in [0.1, 0.15) is 28.0 Å². The average molecular weight is 312 g/mol. The molecule has 5 nitrogen and oxygen atoms in total. The number of hydrogen-bond donors (Lipinski definition) is 2. The van der Waals surface area contributed by atoms with Gasteiger partial charge in [0.05, 0.1) is 18.0 Å². The second kappa shape index (κ2) is 5.86. The molecule has 0 aliphatic heterocycles. The molecule has 0 aromatic carbocycles. The maximum Gasteiger partial charge on any atom is 0.255 e. The predicted molar refractivity (Wildman–Crippen MR) is 70.4 cm³/mol.